The van der Waals surface area contributed by atoms with Crippen molar-refractivity contribution in [1.82, 2.24) is 0 Å². The lowest BCUT2D eigenvalue weighted by atomic mass is 10.2. The summed E-state index contributed by atoms with van der Waals surface area (Å²) in [6.45, 7) is 0. The van der Waals surface area contributed by atoms with Crippen LogP contribution in [0, 0.1) is 11.3 Å². The van der Waals surface area contributed by atoms with Crippen molar-refractivity contribution in [2.75, 3.05) is 5.32 Å². The SMILES string of the molecule is N#Cc1c(Nc2ccc(Cl)cc2)sc2ccccc12. The number of nitrogens with zero attached hydrogens (tertiary/aromatic N) is 1. The van der Waals surface area contributed by atoms with Gasteiger partial charge < -0.3 is 5.32 Å². The number of hydrogen-bond donors (Lipinski definition) is 1. The average molecular weight is 285 g/mol. The minimum atomic E-state index is 0.690. The summed E-state index contributed by atoms with van der Waals surface area (Å²) in [4.78, 5) is 0. The molecule has 0 atom stereocenters. The Kier molecular flexibility index (Phi) is 3.12. The third-order valence-electron chi connectivity index (χ3n) is 2.81. The van der Waals surface area contributed by atoms with Crippen molar-refractivity contribution in [3.05, 3.63) is 59.1 Å². The van der Waals surface area contributed by atoms with E-state index in [1.807, 2.05) is 48.5 Å². The Balaban J connectivity index is 2.05. The molecule has 0 saturated heterocycles. The Bertz CT molecular complexity index is 769. The van der Waals surface area contributed by atoms with Crippen molar-refractivity contribution >= 4 is 43.7 Å². The molecule has 0 unspecified atom stereocenters. The molecule has 3 aromatic rings. The van der Waals surface area contributed by atoms with Crippen LogP contribution < -0.4 is 5.32 Å². The van der Waals surface area contributed by atoms with Crippen LogP contribution in [0.1, 0.15) is 5.56 Å². The van der Waals surface area contributed by atoms with E-state index < -0.39 is 0 Å². The molecule has 1 N–H and O–H groups in total. The zero-order chi connectivity index (χ0) is 13.2. The molecule has 92 valence electrons. The topological polar surface area (TPSA) is 35.8 Å². The molecule has 0 bridgehead atoms. The summed E-state index contributed by atoms with van der Waals surface area (Å²) in [5, 5.41) is 15.2. The fourth-order valence-electron chi connectivity index (χ4n) is 1.91. The van der Waals surface area contributed by atoms with Gasteiger partial charge >= 0.3 is 0 Å². The Morgan fingerprint density at radius 3 is 2.53 bits per heavy atom. The van der Waals surface area contributed by atoms with Gasteiger partial charge in [0.1, 0.15) is 11.1 Å². The van der Waals surface area contributed by atoms with E-state index in [4.69, 9.17) is 11.6 Å². The number of benzene rings is 2. The molecule has 0 aliphatic heterocycles. The first kappa shape index (κ1) is 12.0. The lowest BCUT2D eigenvalue weighted by molar-refractivity contribution is 1.51. The Morgan fingerprint density at radius 1 is 1.05 bits per heavy atom. The molecule has 0 amide bonds. The molecule has 1 aromatic heterocycles. The van der Waals surface area contributed by atoms with Crippen LogP contribution in [0.15, 0.2) is 48.5 Å². The number of nitrogens with one attached hydrogen (secondary N) is 1. The van der Waals surface area contributed by atoms with E-state index in [2.05, 4.69) is 11.4 Å². The van der Waals surface area contributed by atoms with E-state index in [9.17, 15) is 5.26 Å². The summed E-state index contributed by atoms with van der Waals surface area (Å²) in [6.07, 6.45) is 0. The number of rotatable bonds is 2. The molecular weight excluding hydrogens is 276 g/mol. The van der Waals surface area contributed by atoms with Crippen molar-refractivity contribution in [2.45, 2.75) is 0 Å². The number of halogens is 1. The van der Waals surface area contributed by atoms with Crippen molar-refractivity contribution in [2.24, 2.45) is 0 Å². The third kappa shape index (κ3) is 2.28. The molecule has 0 saturated carbocycles. The number of nitriles is 1. The summed E-state index contributed by atoms with van der Waals surface area (Å²) >= 11 is 7.44. The quantitative estimate of drug-likeness (QED) is 0.704. The van der Waals surface area contributed by atoms with Gasteiger partial charge in [0, 0.05) is 20.8 Å². The van der Waals surface area contributed by atoms with Gasteiger partial charge in [-0.1, -0.05) is 29.8 Å². The average Bonchev–Trinajstić information content (AvgIpc) is 2.78. The van der Waals surface area contributed by atoms with E-state index in [1.54, 1.807) is 11.3 Å². The number of hydrogen-bond acceptors (Lipinski definition) is 3. The second-order valence-electron chi connectivity index (χ2n) is 4.05. The Labute approximate surface area is 119 Å². The highest BCUT2D eigenvalue weighted by atomic mass is 35.5. The number of anilines is 2. The monoisotopic (exact) mass is 284 g/mol. The summed E-state index contributed by atoms with van der Waals surface area (Å²) in [5.74, 6) is 0. The maximum Gasteiger partial charge on any atom is 0.112 e. The second-order valence-corrected chi connectivity index (χ2v) is 5.53. The summed E-state index contributed by atoms with van der Waals surface area (Å²) in [6, 6.07) is 17.6. The fraction of sp³-hybridized carbons (Fsp3) is 0. The molecule has 0 aliphatic carbocycles. The van der Waals surface area contributed by atoms with E-state index in [1.165, 1.54) is 0 Å². The lowest BCUT2D eigenvalue weighted by Gasteiger charge is -2.03. The largest absolute Gasteiger partial charge is 0.346 e. The highest BCUT2D eigenvalue weighted by Crippen LogP contribution is 2.36. The standard InChI is InChI=1S/C15H9ClN2S/c16-10-5-7-11(8-6-10)18-15-13(9-17)12-3-1-2-4-14(12)19-15/h1-8,18H. The molecule has 2 aromatic carbocycles. The van der Waals surface area contributed by atoms with Crippen molar-refractivity contribution < 1.29 is 0 Å². The van der Waals surface area contributed by atoms with Crippen LogP contribution in [0.3, 0.4) is 0 Å². The van der Waals surface area contributed by atoms with Crippen molar-refractivity contribution in [1.29, 1.82) is 5.26 Å². The van der Waals surface area contributed by atoms with Crippen LogP contribution in [-0.4, -0.2) is 0 Å². The molecule has 1 heterocycles. The molecular formula is C15H9ClN2S. The van der Waals surface area contributed by atoms with Crippen molar-refractivity contribution in [3.63, 3.8) is 0 Å². The van der Waals surface area contributed by atoms with Crippen LogP contribution in [0.5, 0.6) is 0 Å². The normalized spacial score (nSPS) is 10.3. The Morgan fingerprint density at radius 2 is 1.79 bits per heavy atom. The molecule has 0 fully saturated rings. The van der Waals surface area contributed by atoms with Crippen LogP contribution in [0.4, 0.5) is 10.7 Å². The predicted molar refractivity (Wildman–Crippen MR) is 81.3 cm³/mol. The van der Waals surface area contributed by atoms with E-state index >= 15 is 0 Å². The van der Waals surface area contributed by atoms with Gasteiger partial charge in [-0.15, -0.1) is 11.3 Å². The molecule has 19 heavy (non-hydrogen) atoms. The van der Waals surface area contributed by atoms with E-state index in [0.717, 1.165) is 20.8 Å². The zero-order valence-electron chi connectivity index (χ0n) is 9.85. The number of fused-ring (bicyclic) bond motifs is 1. The second kappa shape index (κ2) is 4.93. The first-order valence-corrected chi connectivity index (χ1v) is 6.91. The third-order valence-corrected chi connectivity index (χ3v) is 4.15. The molecule has 2 nitrogen and oxygen atoms in total. The van der Waals surface area contributed by atoms with Gasteiger partial charge in [0.15, 0.2) is 0 Å². The fourth-order valence-corrected chi connectivity index (χ4v) is 3.11. The van der Waals surface area contributed by atoms with Gasteiger partial charge in [-0.3, -0.25) is 0 Å². The van der Waals surface area contributed by atoms with Crippen molar-refractivity contribution in [3.8, 4) is 6.07 Å². The molecule has 0 spiro atoms. The smallest absolute Gasteiger partial charge is 0.112 e. The van der Waals surface area contributed by atoms with Crippen LogP contribution in [0.2, 0.25) is 5.02 Å². The van der Waals surface area contributed by atoms with Crippen LogP contribution >= 0.6 is 22.9 Å². The molecule has 0 aliphatic rings. The predicted octanol–water partition coefficient (Wildman–Crippen LogP) is 5.17. The minimum absolute atomic E-state index is 0.690. The highest BCUT2D eigenvalue weighted by Gasteiger charge is 2.11. The van der Waals surface area contributed by atoms with Gasteiger partial charge in [0.05, 0.1) is 5.56 Å². The van der Waals surface area contributed by atoms with Gasteiger partial charge in [-0.05, 0) is 30.3 Å². The maximum absolute atomic E-state index is 9.32. The van der Waals surface area contributed by atoms with Crippen LogP contribution in [0.25, 0.3) is 10.1 Å². The van der Waals surface area contributed by atoms with E-state index in [0.29, 0.717) is 10.6 Å². The van der Waals surface area contributed by atoms with Gasteiger partial charge in [0.2, 0.25) is 0 Å². The molecule has 4 heteroatoms. The van der Waals surface area contributed by atoms with Crippen LogP contribution in [-0.2, 0) is 0 Å². The maximum atomic E-state index is 9.32. The minimum Gasteiger partial charge on any atom is -0.346 e. The summed E-state index contributed by atoms with van der Waals surface area (Å²) in [7, 11) is 0. The first-order chi connectivity index (χ1) is 9.28. The highest BCUT2D eigenvalue weighted by molar-refractivity contribution is 7.23. The Hall–Kier alpha value is -2.02. The molecule has 3 rings (SSSR count). The van der Waals surface area contributed by atoms with E-state index in [-0.39, 0.29) is 0 Å². The molecule has 0 radical (unpaired) electrons. The lowest BCUT2D eigenvalue weighted by Crippen LogP contribution is -1.88. The number of thiophene rings is 1. The first-order valence-electron chi connectivity index (χ1n) is 5.72. The van der Waals surface area contributed by atoms with Gasteiger partial charge in [0.25, 0.3) is 0 Å². The zero-order valence-corrected chi connectivity index (χ0v) is 11.4. The van der Waals surface area contributed by atoms with Gasteiger partial charge in [-0.25, -0.2) is 0 Å². The summed E-state index contributed by atoms with van der Waals surface area (Å²) in [5.41, 5.74) is 1.61. The summed E-state index contributed by atoms with van der Waals surface area (Å²) < 4.78 is 1.11. The van der Waals surface area contributed by atoms with Gasteiger partial charge in [-0.2, -0.15) is 5.26 Å².